The van der Waals surface area contributed by atoms with E-state index in [9.17, 15) is 0 Å². The van der Waals surface area contributed by atoms with Gasteiger partial charge in [0.05, 0.1) is 26.2 Å². The highest BCUT2D eigenvalue weighted by Crippen LogP contribution is 2.15. The third-order valence-corrected chi connectivity index (χ3v) is 3.75. The number of aliphatic hydroxyl groups excluding tert-OH is 1. The number of quaternary nitrogens is 1. The lowest BCUT2D eigenvalue weighted by molar-refractivity contribution is -0.929. The molecular weight excluding hydrogens is 226 g/mol. The molecule has 0 aromatic rings. The highest BCUT2D eigenvalue weighted by Gasteiger charge is 2.24. The second kappa shape index (κ2) is 13.3. The van der Waals surface area contributed by atoms with Gasteiger partial charge in [0.1, 0.15) is 0 Å². The third kappa shape index (κ3) is 8.90. The second-order valence-corrected chi connectivity index (χ2v) is 5.37. The van der Waals surface area contributed by atoms with E-state index in [-0.39, 0.29) is 5.48 Å². The van der Waals surface area contributed by atoms with Gasteiger partial charge in [0.2, 0.25) is 0 Å². The van der Waals surface area contributed by atoms with Crippen LogP contribution in [0.2, 0.25) is 0 Å². The molecule has 0 bridgehead atoms. The Balaban J connectivity index is 0. The predicted molar refractivity (Wildman–Crippen MR) is 78.1 cm³/mol. The zero-order valence-corrected chi connectivity index (χ0v) is 12.8. The highest BCUT2D eigenvalue weighted by atomic mass is 16.3. The monoisotopic (exact) mass is 261 g/mol. The van der Waals surface area contributed by atoms with Crippen LogP contribution in [-0.4, -0.2) is 47.9 Å². The summed E-state index contributed by atoms with van der Waals surface area (Å²) in [5.74, 6) is 0. The molecule has 3 nitrogen and oxygen atoms in total. The van der Waals surface area contributed by atoms with Crippen LogP contribution in [0.4, 0.5) is 0 Å². The quantitative estimate of drug-likeness (QED) is 0.547. The van der Waals surface area contributed by atoms with Crippen molar-refractivity contribution in [2.24, 2.45) is 0 Å². The Morgan fingerprint density at radius 3 is 1.28 bits per heavy atom. The summed E-state index contributed by atoms with van der Waals surface area (Å²) in [6.45, 7) is 12.3. The summed E-state index contributed by atoms with van der Waals surface area (Å²) in [5, 5.41) is 9.10. The molecule has 0 aromatic heterocycles. The van der Waals surface area contributed by atoms with Crippen molar-refractivity contribution in [2.45, 2.75) is 65.7 Å². The van der Waals surface area contributed by atoms with Gasteiger partial charge >= 0.3 is 0 Å². The van der Waals surface area contributed by atoms with E-state index in [1.807, 2.05) is 0 Å². The molecule has 0 radical (unpaired) electrons. The summed E-state index contributed by atoms with van der Waals surface area (Å²) in [6, 6.07) is 0. The van der Waals surface area contributed by atoms with Crippen molar-refractivity contribution in [1.29, 1.82) is 0 Å². The molecule has 0 rings (SSSR count). The third-order valence-electron chi connectivity index (χ3n) is 3.75. The average Bonchev–Trinajstić information content (AvgIpc) is 2.37. The Hall–Kier alpha value is -0.120. The summed E-state index contributed by atoms with van der Waals surface area (Å²) >= 11 is 0. The fourth-order valence-electron chi connectivity index (χ4n) is 2.56. The maximum Gasteiger partial charge on any atom is 0.0808 e. The molecule has 3 heteroatoms. The minimum Gasteiger partial charge on any atom is -0.870 e. The molecule has 0 aliphatic carbocycles. The fraction of sp³-hybridized carbons (Fsp3) is 1.00. The number of aliphatic hydroxyl groups is 1. The normalized spacial score (nSPS) is 11.3. The van der Waals surface area contributed by atoms with Gasteiger partial charge in [-0.2, -0.15) is 0 Å². The van der Waals surface area contributed by atoms with E-state index in [2.05, 4.69) is 20.8 Å². The van der Waals surface area contributed by atoms with Gasteiger partial charge in [0.25, 0.3) is 0 Å². The predicted octanol–water partition coefficient (Wildman–Crippen LogP) is 3.41. The highest BCUT2D eigenvalue weighted by molar-refractivity contribution is 4.49. The molecule has 0 aliphatic heterocycles. The summed E-state index contributed by atoms with van der Waals surface area (Å²) < 4.78 is 1.26. The number of nitrogens with zero attached hydrogens (tertiary/aromatic N) is 1. The zero-order valence-electron chi connectivity index (χ0n) is 12.8. The van der Waals surface area contributed by atoms with Crippen molar-refractivity contribution in [1.82, 2.24) is 0 Å². The summed E-state index contributed by atoms with van der Waals surface area (Å²) in [6.07, 6.45) is 8.83. The Kier molecular flexibility index (Phi) is 14.9. The molecular formula is C15H35NO2. The maximum absolute atomic E-state index is 9.10. The lowest BCUT2D eigenvalue weighted by Gasteiger charge is -2.39. The van der Waals surface area contributed by atoms with Crippen molar-refractivity contribution < 1.29 is 15.1 Å². The molecule has 0 unspecified atom stereocenters. The Morgan fingerprint density at radius 1 is 0.667 bits per heavy atom. The van der Waals surface area contributed by atoms with Crippen LogP contribution in [-0.2, 0) is 0 Å². The minimum absolute atomic E-state index is 0. The topological polar surface area (TPSA) is 50.2 Å². The first kappa shape index (κ1) is 20.2. The standard InChI is InChI=1S/C15H34NO.H2O/c1-4-7-11-16(12-8-5-2,13-9-6-3)14-10-15-17;/h17H,4-15H2,1-3H3;1H2/q+1;/p-1. The van der Waals surface area contributed by atoms with Crippen molar-refractivity contribution >= 4 is 0 Å². The van der Waals surface area contributed by atoms with Gasteiger partial charge in [-0.1, -0.05) is 40.0 Å². The number of unbranched alkanes of at least 4 members (excludes halogenated alkanes) is 3. The van der Waals surface area contributed by atoms with Gasteiger partial charge in [-0.25, -0.2) is 0 Å². The van der Waals surface area contributed by atoms with E-state index < -0.39 is 0 Å². The van der Waals surface area contributed by atoms with Crippen molar-refractivity contribution in [3.05, 3.63) is 0 Å². The second-order valence-electron chi connectivity index (χ2n) is 5.37. The van der Waals surface area contributed by atoms with Crippen LogP contribution in [0.25, 0.3) is 0 Å². The van der Waals surface area contributed by atoms with E-state index in [0.29, 0.717) is 6.61 Å². The Labute approximate surface area is 114 Å². The van der Waals surface area contributed by atoms with Gasteiger partial charge in [-0.05, 0) is 19.3 Å². The van der Waals surface area contributed by atoms with Crippen LogP contribution >= 0.6 is 0 Å². The van der Waals surface area contributed by atoms with Crippen LogP contribution in [0.1, 0.15) is 65.7 Å². The molecule has 2 N–H and O–H groups in total. The first-order valence-electron chi connectivity index (χ1n) is 7.70. The summed E-state index contributed by atoms with van der Waals surface area (Å²) in [4.78, 5) is 0. The molecule has 0 saturated heterocycles. The molecule has 0 aliphatic rings. The van der Waals surface area contributed by atoms with E-state index in [1.54, 1.807) is 0 Å². The molecule has 0 spiro atoms. The lowest BCUT2D eigenvalue weighted by Crippen LogP contribution is -2.51. The van der Waals surface area contributed by atoms with Crippen molar-refractivity contribution in [3.8, 4) is 0 Å². The number of hydrogen-bond donors (Lipinski definition) is 1. The maximum atomic E-state index is 9.10. The van der Waals surface area contributed by atoms with E-state index >= 15 is 0 Å². The number of hydrogen-bond acceptors (Lipinski definition) is 2. The zero-order chi connectivity index (χ0) is 13.0. The minimum atomic E-state index is 0. The number of rotatable bonds is 12. The average molecular weight is 261 g/mol. The first-order valence-corrected chi connectivity index (χ1v) is 7.70. The van der Waals surface area contributed by atoms with E-state index in [4.69, 9.17) is 5.11 Å². The molecule has 0 saturated carbocycles. The van der Waals surface area contributed by atoms with Gasteiger partial charge < -0.3 is 15.1 Å². The van der Waals surface area contributed by atoms with Gasteiger partial charge in [0.15, 0.2) is 0 Å². The Morgan fingerprint density at radius 2 is 1.00 bits per heavy atom. The van der Waals surface area contributed by atoms with E-state index in [0.717, 1.165) is 6.42 Å². The molecule has 0 amide bonds. The molecule has 0 aromatic carbocycles. The largest absolute Gasteiger partial charge is 0.870 e. The molecule has 112 valence electrons. The lowest BCUT2D eigenvalue weighted by atomic mass is 10.1. The van der Waals surface area contributed by atoms with Crippen LogP contribution < -0.4 is 0 Å². The van der Waals surface area contributed by atoms with Gasteiger partial charge in [0, 0.05) is 13.0 Å². The summed E-state index contributed by atoms with van der Waals surface area (Å²) in [7, 11) is 0. The van der Waals surface area contributed by atoms with Crippen LogP contribution in [0.5, 0.6) is 0 Å². The SMILES string of the molecule is CCCC[N+](CCCC)(CCCC)CCCO.[OH-]. The molecule has 0 heterocycles. The first-order chi connectivity index (χ1) is 8.24. The Bertz CT molecular complexity index is 125. The fourth-order valence-corrected chi connectivity index (χ4v) is 2.56. The van der Waals surface area contributed by atoms with E-state index in [1.165, 1.54) is 69.2 Å². The molecule has 0 atom stereocenters. The van der Waals surface area contributed by atoms with Crippen molar-refractivity contribution in [3.63, 3.8) is 0 Å². The molecule has 18 heavy (non-hydrogen) atoms. The van der Waals surface area contributed by atoms with Crippen LogP contribution in [0, 0.1) is 0 Å². The van der Waals surface area contributed by atoms with Gasteiger partial charge in [-0.15, -0.1) is 0 Å². The van der Waals surface area contributed by atoms with Crippen molar-refractivity contribution in [2.75, 3.05) is 32.8 Å². The van der Waals surface area contributed by atoms with Gasteiger partial charge in [-0.3, -0.25) is 0 Å². The smallest absolute Gasteiger partial charge is 0.0808 e. The van der Waals surface area contributed by atoms with Crippen LogP contribution in [0.3, 0.4) is 0 Å². The van der Waals surface area contributed by atoms with Crippen LogP contribution in [0.15, 0.2) is 0 Å². The molecule has 0 fully saturated rings. The summed E-state index contributed by atoms with van der Waals surface area (Å²) in [5.41, 5.74) is 0.